The molecule has 1 rings (SSSR count). The van der Waals surface area contributed by atoms with E-state index >= 15 is 0 Å². The Morgan fingerprint density at radius 2 is 2.36 bits per heavy atom. The molecule has 76 valence electrons. The fraction of sp³-hybridized carbons (Fsp3) is 0.300. The molecular weight excluding hydrogens is 248 g/mol. The van der Waals surface area contributed by atoms with Gasteiger partial charge in [0.25, 0.3) is 0 Å². The normalized spacial score (nSPS) is 11.5. The van der Waals surface area contributed by atoms with Crippen molar-refractivity contribution in [2.75, 3.05) is 6.61 Å². The van der Waals surface area contributed by atoms with Gasteiger partial charge in [0.15, 0.2) is 4.67 Å². The molecule has 0 spiro atoms. The first-order valence-electron chi connectivity index (χ1n) is 4.24. The van der Waals surface area contributed by atoms with Gasteiger partial charge in [-0.15, -0.1) is 0 Å². The second kappa shape index (κ2) is 5.00. The molecule has 1 aromatic heterocycles. The van der Waals surface area contributed by atoms with E-state index in [1.54, 1.807) is 32.1 Å². The van der Waals surface area contributed by atoms with Crippen LogP contribution in [-0.2, 0) is 9.53 Å². The zero-order valence-electron chi connectivity index (χ0n) is 8.04. The zero-order valence-corrected chi connectivity index (χ0v) is 9.63. The minimum absolute atomic E-state index is 0.319. The van der Waals surface area contributed by atoms with Gasteiger partial charge >= 0.3 is 5.97 Å². The molecule has 0 unspecified atom stereocenters. The Morgan fingerprint density at radius 1 is 1.64 bits per heavy atom. The van der Waals surface area contributed by atoms with Crippen molar-refractivity contribution >= 4 is 28.0 Å². The summed E-state index contributed by atoms with van der Waals surface area (Å²) in [5.74, 6) is 0.308. The molecule has 0 fully saturated rings. The molecule has 0 saturated carbocycles. The highest BCUT2D eigenvalue weighted by Crippen LogP contribution is 2.16. The van der Waals surface area contributed by atoms with Crippen LogP contribution in [0.15, 0.2) is 26.8 Å². The van der Waals surface area contributed by atoms with E-state index in [1.807, 2.05) is 0 Å². The standard InChI is InChI=1S/C10H11BrO3/c1-3-13-10(12)7(2)6-8-4-5-9(11)14-8/h4-6H,3H2,1-2H3/b7-6+. The number of esters is 1. The number of carbonyl (C=O) groups excluding carboxylic acids is 1. The van der Waals surface area contributed by atoms with E-state index in [-0.39, 0.29) is 5.97 Å². The second-order valence-electron chi connectivity index (χ2n) is 2.69. The molecule has 3 nitrogen and oxygen atoms in total. The number of furan rings is 1. The highest BCUT2D eigenvalue weighted by Gasteiger charge is 2.05. The van der Waals surface area contributed by atoms with Gasteiger partial charge in [-0.1, -0.05) is 0 Å². The smallest absolute Gasteiger partial charge is 0.333 e. The molecule has 0 atom stereocenters. The summed E-state index contributed by atoms with van der Waals surface area (Å²) in [7, 11) is 0. The maximum absolute atomic E-state index is 11.2. The monoisotopic (exact) mass is 258 g/mol. The van der Waals surface area contributed by atoms with E-state index in [1.165, 1.54) is 0 Å². The van der Waals surface area contributed by atoms with Crippen LogP contribution < -0.4 is 0 Å². The summed E-state index contributed by atoms with van der Waals surface area (Å²) in [5, 5.41) is 0. The van der Waals surface area contributed by atoms with Crippen molar-refractivity contribution in [1.29, 1.82) is 0 Å². The lowest BCUT2D eigenvalue weighted by molar-refractivity contribution is -0.138. The van der Waals surface area contributed by atoms with Crippen LogP contribution in [0.2, 0.25) is 0 Å². The SMILES string of the molecule is CCOC(=O)/C(C)=C/c1ccc(Br)o1. The third kappa shape index (κ3) is 3.03. The van der Waals surface area contributed by atoms with Crippen LogP contribution >= 0.6 is 15.9 Å². The van der Waals surface area contributed by atoms with Gasteiger partial charge in [-0.2, -0.15) is 0 Å². The molecule has 14 heavy (non-hydrogen) atoms. The molecule has 0 N–H and O–H groups in total. The fourth-order valence-corrected chi connectivity index (χ4v) is 1.24. The molecule has 0 aromatic carbocycles. The summed E-state index contributed by atoms with van der Waals surface area (Å²) in [4.78, 5) is 11.2. The summed E-state index contributed by atoms with van der Waals surface area (Å²) in [6.07, 6.45) is 1.64. The van der Waals surface area contributed by atoms with Gasteiger partial charge in [0.2, 0.25) is 0 Å². The summed E-state index contributed by atoms with van der Waals surface area (Å²) in [5.41, 5.74) is 0.522. The fourth-order valence-electron chi connectivity index (χ4n) is 0.923. The second-order valence-corrected chi connectivity index (χ2v) is 3.47. The van der Waals surface area contributed by atoms with Crippen molar-refractivity contribution in [3.8, 4) is 0 Å². The Kier molecular flexibility index (Phi) is 3.95. The van der Waals surface area contributed by atoms with E-state index in [2.05, 4.69) is 15.9 Å². The average Bonchev–Trinajstić information content (AvgIpc) is 2.51. The van der Waals surface area contributed by atoms with E-state index in [9.17, 15) is 4.79 Å². The van der Waals surface area contributed by atoms with Crippen molar-refractivity contribution < 1.29 is 13.9 Å². The van der Waals surface area contributed by atoms with E-state index in [0.29, 0.717) is 22.6 Å². The predicted molar refractivity (Wildman–Crippen MR) is 56.7 cm³/mol. The van der Waals surface area contributed by atoms with Crippen molar-refractivity contribution in [2.45, 2.75) is 13.8 Å². The molecule has 4 heteroatoms. The molecule has 0 aliphatic heterocycles. The molecule has 0 aliphatic rings. The average molecular weight is 259 g/mol. The molecule has 0 amide bonds. The highest BCUT2D eigenvalue weighted by atomic mass is 79.9. The van der Waals surface area contributed by atoms with Crippen LogP contribution in [0.3, 0.4) is 0 Å². The molecule has 1 aromatic rings. The number of ether oxygens (including phenoxy) is 1. The minimum Gasteiger partial charge on any atom is -0.463 e. The summed E-state index contributed by atoms with van der Waals surface area (Å²) in [6.45, 7) is 3.84. The lowest BCUT2D eigenvalue weighted by atomic mass is 10.2. The van der Waals surface area contributed by atoms with E-state index in [0.717, 1.165) is 0 Å². The quantitative estimate of drug-likeness (QED) is 0.618. The lowest BCUT2D eigenvalue weighted by Gasteiger charge is -1.99. The summed E-state index contributed by atoms with van der Waals surface area (Å²) >= 11 is 3.18. The third-order valence-corrected chi connectivity index (χ3v) is 1.98. The van der Waals surface area contributed by atoms with Gasteiger partial charge in [0.05, 0.1) is 6.61 Å². The molecule has 0 saturated heterocycles. The van der Waals surface area contributed by atoms with Gasteiger partial charge < -0.3 is 9.15 Å². The van der Waals surface area contributed by atoms with Crippen LogP contribution in [0.5, 0.6) is 0 Å². The molecule has 1 heterocycles. The van der Waals surface area contributed by atoms with Gasteiger partial charge in [-0.3, -0.25) is 0 Å². The third-order valence-electron chi connectivity index (χ3n) is 1.55. The number of rotatable bonds is 3. The van der Waals surface area contributed by atoms with Gasteiger partial charge in [0.1, 0.15) is 5.76 Å². The van der Waals surface area contributed by atoms with Gasteiger partial charge in [-0.05, 0) is 48.0 Å². The molecular formula is C10H11BrO3. The number of halogens is 1. The Hall–Kier alpha value is -1.03. The van der Waals surface area contributed by atoms with Crippen molar-refractivity contribution in [3.63, 3.8) is 0 Å². The predicted octanol–water partition coefficient (Wildman–Crippen LogP) is 3.01. The topological polar surface area (TPSA) is 39.4 Å². The van der Waals surface area contributed by atoms with Crippen LogP contribution in [0, 0.1) is 0 Å². The van der Waals surface area contributed by atoms with Crippen molar-refractivity contribution in [2.24, 2.45) is 0 Å². The highest BCUT2D eigenvalue weighted by molar-refractivity contribution is 9.10. The maximum atomic E-state index is 11.2. The van der Waals surface area contributed by atoms with Crippen LogP contribution in [0.1, 0.15) is 19.6 Å². The Bertz CT molecular complexity index is 352. The van der Waals surface area contributed by atoms with Crippen LogP contribution in [0.25, 0.3) is 6.08 Å². The summed E-state index contributed by atoms with van der Waals surface area (Å²) < 4.78 is 10.7. The first-order chi connectivity index (χ1) is 6.63. The lowest BCUT2D eigenvalue weighted by Crippen LogP contribution is -2.04. The van der Waals surface area contributed by atoms with E-state index < -0.39 is 0 Å². The van der Waals surface area contributed by atoms with Crippen LogP contribution in [0.4, 0.5) is 0 Å². The minimum atomic E-state index is -0.319. The molecule has 0 aliphatic carbocycles. The zero-order chi connectivity index (χ0) is 10.6. The van der Waals surface area contributed by atoms with Crippen molar-refractivity contribution in [3.05, 3.63) is 28.1 Å². The molecule has 0 radical (unpaired) electrons. The first-order valence-corrected chi connectivity index (χ1v) is 5.03. The Morgan fingerprint density at radius 3 is 2.86 bits per heavy atom. The van der Waals surface area contributed by atoms with Crippen molar-refractivity contribution in [1.82, 2.24) is 0 Å². The Balaban J connectivity index is 2.73. The number of carbonyl (C=O) groups is 1. The molecule has 0 bridgehead atoms. The largest absolute Gasteiger partial charge is 0.463 e. The van der Waals surface area contributed by atoms with Crippen LogP contribution in [-0.4, -0.2) is 12.6 Å². The summed E-state index contributed by atoms with van der Waals surface area (Å²) in [6, 6.07) is 3.54. The first kappa shape index (κ1) is 11.0. The van der Waals surface area contributed by atoms with Gasteiger partial charge in [-0.25, -0.2) is 4.79 Å². The number of hydrogen-bond donors (Lipinski definition) is 0. The van der Waals surface area contributed by atoms with E-state index in [4.69, 9.17) is 9.15 Å². The van der Waals surface area contributed by atoms with Gasteiger partial charge in [0, 0.05) is 5.57 Å². The maximum Gasteiger partial charge on any atom is 0.333 e. The number of hydrogen-bond acceptors (Lipinski definition) is 3. The Labute approximate surface area is 90.9 Å².